The number of halogens is 2. The van der Waals surface area contributed by atoms with E-state index in [-0.39, 0.29) is 12.1 Å². The molecule has 0 aliphatic rings. The van der Waals surface area contributed by atoms with Crippen LogP contribution in [0.2, 0.25) is 10.0 Å². The van der Waals surface area contributed by atoms with Gasteiger partial charge in [-0.2, -0.15) is 0 Å². The highest BCUT2D eigenvalue weighted by molar-refractivity contribution is 6.33. The van der Waals surface area contributed by atoms with Gasteiger partial charge in [-0.3, -0.25) is 0 Å². The molecular formula is C12H18Cl2N2O. The molecule has 17 heavy (non-hydrogen) atoms. The van der Waals surface area contributed by atoms with E-state index in [4.69, 9.17) is 33.7 Å². The minimum atomic E-state index is -0.0150. The van der Waals surface area contributed by atoms with Crippen LogP contribution in [0.25, 0.3) is 0 Å². The first-order valence-corrected chi connectivity index (χ1v) is 6.25. The monoisotopic (exact) mass is 276 g/mol. The third kappa shape index (κ3) is 4.45. The summed E-state index contributed by atoms with van der Waals surface area (Å²) in [5, 5.41) is 4.64. The number of ether oxygens (including phenoxy) is 1. The van der Waals surface area contributed by atoms with Gasteiger partial charge in [-0.15, -0.1) is 0 Å². The predicted molar refractivity (Wildman–Crippen MR) is 72.7 cm³/mol. The van der Waals surface area contributed by atoms with E-state index in [9.17, 15) is 0 Å². The first-order chi connectivity index (χ1) is 8.08. The van der Waals surface area contributed by atoms with Crippen molar-refractivity contribution in [3.05, 3.63) is 33.8 Å². The summed E-state index contributed by atoms with van der Waals surface area (Å²) in [5.74, 6) is 0. The molecule has 0 saturated carbocycles. The van der Waals surface area contributed by atoms with Crippen molar-refractivity contribution in [1.82, 2.24) is 5.32 Å². The first kappa shape index (κ1) is 14.7. The third-order valence-corrected chi connectivity index (χ3v) is 3.20. The Kier molecular flexibility index (Phi) is 6.23. The summed E-state index contributed by atoms with van der Waals surface area (Å²) in [6, 6.07) is 5.37. The van der Waals surface area contributed by atoms with E-state index in [2.05, 4.69) is 5.32 Å². The van der Waals surface area contributed by atoms with Gasteiger partial charge in [0.25, 0.3) is 0 Å². The largest absolute Gasteiger partial charge is 0.380 e. The summed E-state index contributed by atoms with van der Waals surface area (Å²) in [6.07, 6.45) is 0.127. The topological polar surface area (TPSA) is 47.3 Å². The van der Waals surface area contributed by atoms with Crippen molar-refractivity contribution in [2.45, 2.75) is 19.1 Å². The summed E-state index contributed by atoms with van der Waals surface area (Å²) < 4.78 is 5.17. The highest BCUT2D eigenvalue weighted by Gasteiger charge is 2.14. The molecule has 1 rings (SSSR count). The average molecular weight is 277 g/mol. The second-order valence-electron chi connectivity index (χ2n) is 3.91. The van der Waals surface area contributed by atoms with Crippen molar-refractivity contribution in [3.63, 3.8) is 0 Å². The van der Waals surface area contributed by atoms with Gasteiger partial charge in [-0.25, -0.2) is 0 Å². The molecule has 0 aromatic heterocycles. The maximum absolute atomic E-state index is 6.13. The average Bonchev–Trinajstić information content (AvgIpc) is 2.33. The molecule has 2 atom stereocenters. The molecule has 0 heterocycles. The lowest BCUT2D eigenvalue weighted by molar-refractivity contribution is 0.114. The van der Waals surface area contributed by atoms with E-state index < -0.39 is 0 Å². The molecule has 0 bridgehead atoms. The van der Waals surface area contributed by atoms with E-state index in [1.807, 2.05) is 13.0 Å². The maximum atomic E-state index is 6.13. The zero-order valence-electron chi connectivity index (χ0n) is 10.0. The van der Waals surface area contributed by atoms with Crippen LogP contribution in [0.3, 0.4) is 0 Å². The number of nitrogens with one attached hydrogen (secondary N) is 1. The van der Waals surface area contributed by atoms with E-state index in [1.165, 1.54) is 0 Å². The van der Waals surface area contributed by atoms with E-state index in [0.717, 1.165) is 5.56 Å². The summed E-state index contributed by atoms with van der Waals surface area (Å²) >= 11 is 12.1. The molecule has 0 fully saturated rings. The van der Waals surface area contributed by atoms with Gasteiger partial charge in [0.05, 0.1) is 6.10 Å². The van der Waals surface area contributed by atoms with Crippen molar-refractivity contribution in [3.8, 4) is 0 Å². The minimum absolute atomic E-state index is 0.0150. The number of benzene rings is 1. The van der Waals surface area contributed by atoms with Crippen molar-refractivity contribution in [2.24, 2.45) is 5.73 Å². The molecule has 0 aliphatic heterocycles. The fourth-order valence-electron chi connectivity index (χ4n) is 1.49. The molecule has 2 unspecified atom stereocenters. The van der Waals surface area contributed by atoms with Gasteiger partial charge in [-0.1, -0.05) is 23.2 Å². The number of methoxy groups -OCH3 is 1. The minimum Gasteiger partial charge on any atom is -0.380 e. The summed E-state index contributed by atoms with van der Waals surface area (Å²) in [6.45, 7) is 3.15. The zero-order valence-corrected chi connectivity index (χ0v) is 11.6. The molecule has 3 nitrogen and oxygen atoms in total. The van der Waals surface area contributed by atoms with Gasteiger partial charge in [0.1, 0.15) is 0 Å². The fraction of sp³-hybridized carbons (Fsp3) is 0.500. The first-order valence-electron chi connectivity index (χ1n) is 5.49. The maximum Gasteiger partial charge on any atom is 0.0667 e. The molecule has 0 aliphatic carbocycles. The number of nitrogens with two attached hydrogens (primary N) is 1. The van der Waals surface area contributed by atoms with Crippen LogP contribution in [0.15, 0.2) is 18.2 Å². The number of hydrogen-bond acceptors (Lipinski definition) is 3. The van der Waals surface area contributed by atoms with Crippen molar-refractivity contribution in [1.29, 1.82) is 0 Å². The van der Waals surface area contributed by atoms with E-state index in [1.54, 1.807) is 19.2 Å². The quantitative estimate of drug-likeness (QED) is 0.840. The second-order valence-corrected chi connectivity index (χ2v) is 4.75. The van der Waals surface area contributed by atoms with Crippen LogP contribution in [0.5, 0.6) is 0 Å². The lowest BCUT2D eigenvalue weighted by atomic mass is 10.1. The van der Waals surface area contributed by atoms with Crippen LogP contribution >= 0.6 is 23.2 Å². The van der Waals surface area contributed by atoms with Gasteiger partial charge in [0.15, 0.2) is 0 Å². The molecule has 0 saturated heterocycles. The summed E-state index contributed by atoms with van der Waals surface area (Å²) in [5.41, 5.74) is 6.67. The van der Waals surface area contributed by atoms with E-state index >= 15 is 0 Å². The van der Waals surface area contributed by atoms with Crippen LogP contribution in [-0.2, 0) is 4.74 Å². The predicted octanol–water partition coefficient (Wildman–Crippen LogP) is 2.62. The molecule has 96 valence electrons. The Morgan fingerprint density at radius 3 is 2.71 bits per heavy atom. The van der Waals surface area contributed by atoms with Crippen LogP contribution in [0.4, 0.5) is 0 Å². The smallest absolute Gasteiger partial charge is 0.0667 e. The summed E-state index contributed by atoms with van der Waals surface area (Å²) in [4.78, 5) is 0. The van der Waals surface area contributed by atoms with Crippen molar-refractivity contribution < 1.29 is 4.74 Å². The molecule has 0 amide bonds. The van der Waals surface area contributed by atoms with Crippen molar-refractivity contribution in [2.75, 3.05) is 20.2 Å². The Morgan fingerprint density at radius 2 is 2.12 bits per heavy atom. The molecule has 0 spiro atoms. The second kappa shape index (κ2) is 7.19. The highest BCUT2D eigenvalue weighted by Crippen LogP contribution is 2.25. The molecule has 3 N–H and O–H groups in total. The molecule has 1 aromatic rings. The normalized spacial score (nSPS) is 14.6. The van der Waals surface area contributed by atoms with Crippen molar-refractivity contribution >= 4 is 23.2 Å². The zero-order chi connectivity index (χ0) is 12.8. The molecule has 1 aromatic carbocycles. The Balaban J connectivity index is 2.75. The molecular weight excluding hydrogens is 259 g/mol. The van der Waals surface area contributed by atoms with Crippen LogP contribution < -0.4 is 11.1 Å². The Bertz CT molecular complexity index is 360. The highest BCUT2D eigenvalue weighted by atomic mass is 35.5. The van der Waals surface area contributed by atoms with Crippen LogP contribution in [-0.4, -0.2) is 26.3 Å². The van der Waals surface area contributed by atoms with Gasteiger partial charge in [-0.05, 0) is 30.7 Å². The molecule has 5 heteroatoms. The number of hydrogen-bond donors (Lipinski definition) is 2. The lowest BCUT2D eigenvalue weighted by Crippen LogP contribution is -2.34. The standard InChI is InChI=1S/C12H18Cl2N2O/c1-8(17-2)7-16-12(6-15)10-5-9(13)3-4-11(10)14/h3-5,8,12,16H,6-7,15H2,1-2H3. The molecule has 0 radical (unpaired) electrons. The van der Waals surface area contributed by atoms with Gasteiger partial charge in [0, 0.05) is 36.3 Å². The lowest BCUT2D eigenvalue weighted by Gasteiger charge is -2.20. The van der Waals surface area contributed by atoms with Gasteiger partial charge >= 0.3 is 0 Å². The third-order valence-electron chi connectivity index (χ3n) is 2.62. The van der Waals surface area contributed by atoms with Crippen LogP contribution in [0.1, 0.15) is 18.5 Å². The van der Waals surface area contributed by atoms with Gasteiger partial charge < -0.3 is 15.8 Å². The fourth-order valence-corrected chi connectivity index (χ4v) is 1.92. The summed E-state index contributed by atoms with van der Waals surface area (Å²) in [7, 11) is 1.68. The Hall–Kier alpha value is -0.320. The Morgan fingerprint density at radius 1 is 1.41 bits per heavy atom. The van der Waals surface area contributed by atoms with Crippen LogP contribution in [0, 0.1) is 0 Å². The van der Waals surface area contributed by atoms with Gasteiger partial charge in [0.2, 0.25) is 0 Å². The Labute approximate surface area is 112 Å². The van der Waals surface area contributed by atoms with E-state index in [0.29, 0.717) is 23.1 Å². The number of rotatable bonds is 6. The SMILES string of the molecule is COC(C)CNC(CN)c1cc(Cl)ccc1Cl.